The molecule has 0 radical (unpaired) electrons. The van der Waals surface area contributed by atoms with Gasteiger partial charge in [-0.25, -0.2) is 0 Å². The number of methoxy groups -OCH3 is 1. The first-order valence-electron chi connectivity index (χ1n) is 5.52. The van der Waals surface area contributed by atoms with Crippen LogP contribution in [-0.4, -0.2) is 38.6 Å². The number of hydrogen-bond donors (Lipinski definition) is 2. The first-order valence-corrected chi connectivity index (χ1v) is 7.34. The minimum Gasteiger partial charge on any atom is -0.496 e. The first kappa shape index (κ1) is 15.7. The summed E-state index contributed by atoms with van der Waals surface area (Å²) in [5, 5.41) is 19.3. The maximum absolute atomic E-state index is 11.2. The van der Waals surface area contributed by atoms with Gasteiger partial charge in [-0.1, -0.05) is 0 Å². The second kappa shape index (κ2) is 5.36. The van der Waals surface area contributed by atoms with Crippen molar-refractivity contribution in [3.63, 3.8) is 0 Å². The molecule has 1 aromatic carbocycles. The summed E-state index contributed by atoms with van der Waals surface area (Å²) < 4.78 is 32.4. The molecule has 7 heteroatoms. The zero-order valence-corrected chi connectivity index (χ0v) is 12.1. The number of rotatable bonds is 5. The molecule has 2 N–H and O–H groups in total. The molecular weight excluding hydrogens is 272 g/mol. The summed E-state index contributed by atoms with van der Waals surface area (Å²) in [7, 11) is -2.28. The molecule has 0 fully saturated rings. The average Bonchev–Trinajstić information content (AvgIpc) is 2.26. The van der Waals surface area contributed by atoms with E-state index in [1.54, 1.807) is 6.92 Å². The molecule has 0 spiro atoms. The molecule has 0 aliphatic heterocycles. The van der Waals surface area contributed by atoms with Crippen molar-refractivity contribution in [2.45, 2.75) is 19.4 Å². The van der Waals surface area contributed by atoms with E-state index in [0.717, 1.165) is 6.26 Å². The van der Waals surface area contributed by atoms with Gasteiger partial charge in [0.05, 0.1) is 20.0 Å². The maximum atomic E-state index is 11.2. The molecule has 19 heavy (non-hydrogen) atoms. The van der Waals surface area contributed by atoms with Crippen LogP contribution in [-0.2, 0) is 15.7 Å². The Bertz CT molecular complexity index is 562. The largest absolute Gasteiger partial charge is 0.496 e. The maximum Gasteiger partial charge on any atom is 0.306 e. The van der Waals surface area contributed by atoms with Gasteiger partial charge in [-0.3, -0.25) is 0 Å². The molecule has 108 valence electrons. The second-order valence-electron chi connectivity index (χ2n) is 4.54. The van der Waals surface area contributed by atoms with Gasteiger partial charge in [0.25, 0.3) is 0 Å². The van der Waals surface area contributed by atoms with Crippen LogP contribution in [0.4, 0.5) is 0 Å². The summed E-state index contributed by atoms with van der Waals surface area (Å²) in [4.78, 5) is 0. The first-order chi connectivity index (χ1) is 8.60. The van der Waals surface area contributed by atoms with Gasteiger partial charge in [0, 0.05) is 5.56 Å². The third-order valence-corrected chi connectivity index (χ3v) is 3.11. The van der Waals surface area contributed by atoms with Crippen LogP contribution in [0.15, 0.2) is 12.1 Å². The lowest BCUT2D eigenvalue weighted by Gasteiger charge is -2.24. The van der Waals surface area contributed by atoms with Crippen LogP contribution in [0.2, 0.25) is 0 Å². The quantitative estimate of drug-likeness (QED) is 0.769. The normalized spacial score (nSPS) is 14.8. The Morgan fingerprint density at radius 2 is 1.89 bits per heavy atom. The fourth-order valence-corrected chi connectivity index (χ4v) is 2.08. The predicted molar refractivity (Wildman–Crippen MR) is 69.9 cm³/mol. The van der Waals surface area contributed by atoms with Crippen molar-refractivity contribution < 1.29 is 27.6 Å². The predicted octanol–water partition coefficient (Wildman–Crippen LogP) is 0.542. The lowest BCUT2D eigenvalue weighted by Crippen LogP contribution is -2.27. The fraction of sp³-hybridized carbons (Fsp3) is 0.500. The van der Waals surface area contributed by atoms with E-state index >= 15 is 0 Å². The van der Waals surface area contributed by atoms with Crippen LogP contribution in [0.5, 0.6) is 11.5 Å². The molecule has 0 bridgehead atoms. The monoisotopic (exact) mass is 290 g/mol. The summed E-state index contributed by atoms with van der Waals surface area (Å²) in [5.74, 6) is 0.435. The van der Waals surface area contributed by atoms with E-state index in [1.165, 1.54) is 26.2 Å². The molecule has 0 amide bonds. The highest BCUT2D eigenvalue weighted by Crippen LogP contribution is 2.36. The van der Waals surface area contributed by atoms with E-state index < -0.39 is 22.3 Å². The number of ether oxygens (including phenoxy) is 1. The van der Waals surface area contributed by atoms with Crippen molar-refractivity contribution in [2.24, 2.45) is 0 Å². The zero-order valence-electron chi connectivity index (χ0n) is 11.3. The highest BCUT2D eigenvalue weighted by atomic mass is 32.2. The van der Waals surface area contributed by atoms with Crippen LogP contribution in [0, 0.1) is 6.92 Å². The number of hydrogen-bond acceptors (Lipinski definition) is 6. The number of aliphatic hydroxyl groups is 2. The number of aryl methyl sites for hydroxylation is 1. The standard InChI is InChI=1S/C12H18O6S/c1-8-5-11(18-19(4,15)16)9(6-10(8)17-3)12(2,14)7-13/h5-6,13-14H,7H2,1-4H3/t12-/m0/s1. The summed E-state index contributed by atoms with van der Waals surface area (Å²) in [5.41, 5.74) is -0.845. The van der Waals surface area contributed by atoms with Crippen molar-refractivity contribution in [3.05, 3.63) is 23.3 Å². The Morgan fingerprint density at radius 3 is 2.32 bits per heavy atom. The van der Waals surface area contributed by atoms with Crippen molar-refractivity contribution in [1.29, 1.82) is 0 Å². The molecule has 1 aromatic rings. The molecule has 0 unspecified atom stereocenters. The topological polar surface area (TPSA) is 93.1 Å². The van der Waals surface area contributed by atoms with Gasteiger partial charge in [0.2, 0.25) is 0 Å². The van der Waals surface area contributed by atoms with Gasteiger partial charge >= 0.3 is 10.1 Å². The fourth-order valence-electron chi connectivity index (χ4n) is 1.62. The highest BCUT2D eigenvalue weighted by Gasteiger charge is 2.29. The van der Waals surface area contributed by atoms with Gasteiger partial charge in [0.15, 0.2) is 0 Å². The molecular formula is C12H18O6S. The van der Waals surface area contributed by atoms with Gasteiger partial charge in [-0.2, -0.15) is 8.42 Å². The van der Waals surface area contributed by atoms with Gasteiger partial charge in [-0.15, -0.1) is 0 Å². The Hall–Kier alpha value is -1.31. The second-order valence-corrected chi connectivity index (χ2v) is 6.11. The SMILES string of the molecule is COc1cc([C@@](C)(O)CO)c(OS(C)(=O)=O)cc1C. The van der Waals surface area contributed by atoms with Gasteiger partial charge < -0.3 is 19.1 Å². The Morgan fingerprint density at radius 1 is 1.32 bits per heavy atom. The van der Waals surface area contributed by atoms with Crippen LogP contribution in [0.25, 0.3) is 0 Å². The molecule has 0 heterocycles. The minimum absolute atomic E-state index is 0.0279. The lowest BCUT2D eigenvalue weighted by molar-refractivity contribution is -0.00349. The van der Waals surface area contributed by atoms with Gasteiger partial charge in [0.1, 0.15) is 17.1 Å². The summed E-state index contributed by atoms with van der Waals surface area (Å²) in [6, 6.07) is 2.89. The molecule has 1 rings (SSSR count). The average molecular weight is 290 g/mol. The van der Waals surface area contributed by atoms with Crippen molar-refractivity contribution in [2.75, 3.05) is 20.0 Å². The molecule has 0 saturated carbocycles. The third kappa shape index (κ3) is 3.82. The smallest absolute Gasteiger partial charge is 0.306 e. The summed E-state index contributed by atoms with van der Waals surface area (Å²) in [6.45, 7) is 2.48. The molecule has 1 atom stereocenters. The highest BCUT2D eigenvalue weighted by molar-refractivity contribution is 7.86. The summed E-state index contributed by atoms with van der Waals surface area (Å²) in [6.07, 6.45) is 0.907. The van der Waals surface area contributed by atoms with Crippen molar-refractivity contribution in [3.8, 4) is 11.5 Å². The molecule has 0 aliphatic rings. The van der Waals surface area contributed by atoms with Crippen LogP contribution in [0.1, 0.15) is 18.1 Å². The van der Waals surface area contributed by atoms with E-state index in [4.69, 9.17) is 8.92 Å². The number of aliphatic hydroxyl groups excluding tert-OH is 1. The molecule has 0 aromatic heterocycles. The van der Waals surface area contributed by atoms with Crippen LogP contribution in [0.3, 0.4) is 0 Å². The lowest BCUT2D eigenvalue weighted by atomic mass is 9.94. The Kier molecular flexibility index (Phi) is 4.44. The van der Waals surface area contributed by atoms with E-state index in [2.05, 4.69) is 0 Å². The molecule has 0 saturated heterocycles. The van der Waals surface area contributed by atoms with Gasteiger partial charge in [-0.05, 0) is 31.5 Å². The minimum atomic E-state index is -3.74. The molecule has 6 nitrogen and oxygen atoms in total. The van der Waals surface area contributed by atoms with Crippen molar-refractivity contribution in [1.82, 2.24) is 0 Å². The van der Waals surface area contributed by atoms with E-state index in [9.17, 15) is 18.6 Å². The zero-order chi connectivity index (χ0) is 14.8. The Labute approximate surface area is 112 Å². The van der Waals surface area contributed by atoms with Crippen LogP contribution < -0.4 is 8.92 Å². The van der Waals surface area contributed by atoms with Crippen LogP contribution >= 0.6 is 0 Å². The summed E-state index contributed by atoms with van der Waals surface area (Å²) >= 11 is 0. The van der Waals surface area contributed by atoms with Crippen molar-refractivity contribution >= 4 is 10.1 Å². The Balaban J connectivity index is 3.47. The van der Waals surface area contributed by atoms with E-state index in [0.29, 0.717) is 11.3 Å². The van der Waals surface area contributed by atoms with E-state index in [1.807, 2.05) is 0 Å². The third-order valence-electron chi connectivity index (χ3n) is 2.63. The molecule has 0 aliphatic carbocycles. The van der Waals surface area contributed by atoms with E-state index in [-0.39, 0.29) is 11.3 Å². The number of benzene rings is 1.